The van der Waals surface area contributed by atoms with Gasteiger partial charge in [0, 0.05) is 0 Å². The normalized spacial score (nSPS) is 10.7. The maximum absolute atomic E-state index is 11.6. The van der Waals surface area contributed by atoms with Crippen LogP contribution in [0, 0.1) is 0 Å². The van der Waals surface area contributed by atoms with Crippen LogP contribution in [0.3, 0.4) is 0 Å². The Kier molecular flexibility index (Phi) is 4.14. The first-order valence-corrected chi connectivity index (χ1v) is 7.98. The quantitative estimate of drug-likeness (QED) is 0.535. The van der Waals surface area contributed by atoms with Crippen molar-refractivity contribution in [3.05, 3.63) is 35.7 Å². The molecular weight excluding hydrogens is 352 g/mol. The van der Waals surface area contributed by atoms with E-state index in [-0.39, 0.29) is 16.4 Å². The Balaban J connectivity index is 2.13. The largest absolute Gasteiger partial charge is 0.397 e. The predicted octanol–water partition coefficient (Wildman–Crippen LogP) is 0.0500. The van der Waals surface area contributed by atoms with E-state index < -0.39 is 11.8 Å². The summed E-state index contributed by atoms with van der Waals surface area (Å²) in [6.45, 7) is 0. The highest BCUT2D eigenvalue weighted by Gasteiger charge is 2.24. The second kappa shape index (κ2) is 6.25. The molecule has 0 fully saturated rings. The first-order valence-electron chi connectivity index (χ1n) is 6.39. The highest BCUT2D eigenvalue weighted by molar-refractivity contribution is 8.01. The molecule has 6 N–H and O–H groups in total. The maximum atomic E-state index is 11.6. The van der Waals surface area contributed by atoms with Gasteiger partial charge in [-0.1, -0.05) is 33.6 Å². The van der Waals surface area contributed by atoms with Gasteiger partial charge in [0.1, 0.15) is 9.24 Å². The topological polar surface area (TPSA) is 169 Å². The Morgan fingerprint density at radius 3 is 2.46 bits per heavy atom. The standard InChI is InChI=1S/C12H10N8O2S2/c13-5-3-1-2-4-6(5)20-11(7(9(14)21)16-18-20)23-12-8(10(15)22)17-19-24-12/h1-4H,13H2,(H2,14,21)(H2,15,22). The van der Waals surface area contributed by atoms with Crippen molar-refractivity contribution in [2.45, 2.75) is 9.24 Å². The SMILES string of the molecule is NC(=O)c1nnsc1Sc1c(C(N)=O)nnn1-c1ccccc1N. The Bertz CT molecular complexity index is 935. The Hall–Kier alpha value is -2.99. The maximum Gasteiger partial charge on any atom is 0.272 e. The molecule has 2 heterocycles. The Labute approximate surface area is 143 Å². The van der Waals surface area contributed by atoms with Gasteiger partial charge >= 0.3 is 0 Å². The molecule has 3 aromatic rings. The van der Waals surface area contributed by atoms with E-state index in [0.717, 1.165) is 23.3 Å². The lowest BCUT2D eigenvalue weighted by atomic mass is 10.3. The Morgan fingerprint density at radius 2 is 1.79 bits per heavy atom. The van der Waals surface area contributed by atoms with Gasteiger partial charge < -0.3 is 17.2 Å². The van der Waals surface area contributed by atoms with Gasteiger partial charge in [-0.2, -0.15) is 0 Å². The fourth-order valence-corrected chi connectivity index (χ4v) is 3.63. The second-order valence-electron chi connectivity index (χ2n) is 4.45. The lowest BCUT2D eigenvalue weighted by Crippen LogP contribution is -2.14. The Morgan fingerprint density at radius 1 is 1.08 bits per heavy atom. The van der Waals surface area contributed by atoms with Crippen LogP contribution in [-0.2, 0) is 0 Å². The van der Waals surface area contributed by atoms with E-state index in [4.69, 9.17) is 17.2 Å². The smallest absolute Gasteiger partial charge is 0.272 e. The fraction of sp³-hybridized carbons (Fsp3) is 0. The lowest BCUT2D eigenvalue weighted by molar-refractivity contribution is 0.0985. The van der Waals surface area contributed by atoms with E-state index in [1.165, 1.54) is 4.68 Å². The summed E-state index contributed by atoms with van der Waals surface area (Å²) >= 11 is 1.97. The minimum absolute atomic E-state index is 0.00537. The van der Waals surface area contributed by atoms with Gasteiger partial charge in [0.15, 0.2) is 11.4 Å². The van der Waals surface area contributed by atoms with Crippen molar-refractivity contribution < 1.29 is 9.59 Å². The number of nitrogen functional groups attached to an aromatic ring is 1. The zero-order chi connectivity index (χ0) is 17.3. The van der Waals surface area contributed by atoms with Crippen LogP contribution in [-0.4, -0.2) is 36.4 Å². The summed E-state index contributed by atoms with van der Waals surface area (Å²) in [4.78, 5) is 23.0. The van der Waals surface area contributed by atoms with E-state index in [1.807, 2.05) is 0 Å². The molecular formula is C12H10N8O2S2. The van der Waals surface area contributed by atoms with Crippen LogP contribution >= 0.6 is 23.3 Å². The van der Waals surface area contributed by atoms with E-state index in [2.05, 4.69) is 19.9 Å². The first-order chi connectivity index (χ1) is 11.5. The third-order valence-electron chi connectivity index (χ3n) is 2.91. The van der Waals surface area contributed by atoms with Crippen LogP contribution in [0.2, 0.25) is 0 Å². The highest BCUT2D eigenvalue weighted by atomic mass is 32.2. The average Bonchev–Trinajstić information content (AvgIpc) is 3.15. The van der Waals surface area contributed by atoms with Gasteiger partial charge in [0.2, 0.25) is 0 Å². The van der Waals surface area contributed by atoms with Crippen molar-refractivity contribution >= 4 is 40.8 Å². The van der Waals surface area contributed by atoms with Crippen molar-refractivity contribution in [2.24, 2.45) is 11.5 Å². The molecule has 0 saturated carbocycles. The number of carbonyl (C=O) groups excluding carboxylic acids is 2. The van der Waals surface area contributed by atoms with Crippen LogP contribution in [0.25, 0.3) is 5.69 Å². The molecule has 122 valence electrons. The first kappa shape index (κ1) is 15.9. The zero-order valence-electron chi connectivity index (χ0n) is 11.9. The molecule has 12 heteroatoms. The molecule has 0 atom stereocenters. The number of hydrogen-bond donors (Lipinski definition) is 3. The molecule has 2 amide bonds. The van der Waals surface area contributed by atoms with Gasteiger partial charge in [-0.05, 0) is 23.7 Å². The molecule has 1 aromatic carbocycles. The molecule has 0 bridgehead atoms. The molecule has 2 aromatic heterocycles. The van der Waals surface area contributed by atoms with Gasteiger partial charge in [-0.25, -0.2) is 4.68 Å². The summed E-state index contributed by atoms with van der Waals surface area (Å²) in [5.74, 6) is -1.50. The highest BCUT2D eigenvalue weighted by Crippen LogP contribution is 2.35. The summed E-state index contributed by atoms with van der Waals surface area (Å²) in [5.41, 5.74) is 17.4. The number of rotatable bonds is 5. The summed E-state index contributed by atoms with van der Waals surface area (Å²) in [5, 5.41) is 11.7. The predicted molar refractivity (Wildman–Crippen MR) is 86.8 cm³/mol. The van der Waals surface area contributed by atoms with Gasteiger partial charge in [-0.15, -0.1) is 10.2 Å². The lowest BCUT2D eigenvalue weighted by Gasteiger charge is -2.08. The second-order valence-corrected chi connectivity index (χ2v) is 6.46. The number of hydrogen-bond acceptors (Lipinski definition) is 9. The van der Waals surface area contributed by atoms with Gasteiger partial charge in [0.25, 0.3) is 11.8 Å². The third kappa shape index (κ3) is 2.79. The van der Waals surface area contributed by atoms with E-state index in [9.17, 15) is 9.59 Å². The molecule has 24 heavy (non-hydrogen) atoms. The van der Waals surface area contributed by atoms with Crippen LogP contribution in [0.5, 0.6) is 0 Å². The van der Waals surface area contributed by atoms with Gasteiger partial charge in [-0.3, -0.25) is 9.59 Å². The number of primary amides is 2. The van der Waals surface area contributed by atoms with Crippen molar-refractivity contribution in [3.8, 4) is 5.69 Å². The number of aromatic nitrogens is 5. The number of carbonyl (C=O) groups is 2. The van der Waals surface area contributed by atoms with Crippen LogP contribution in [0.1, 0.15) is 21.0 Å². The van der Waals surface area contributed by atoms with E-state index >= 15 is 0 Å². The van der Waals surface area contributed by atoms with E-state index in [0.29, 0.717) is 15.6 Å². The summed E-state index contributed by atoms with van der Waals surface area (Å²) < 4.78 is 5.45. The number of anilines is 1. The number of nitrogens with two attached hydrogens (primary N) is 3. The van der Waals surface area contributed by atoms with E-state index in [1.54, 1.807) is 24.3 Å². The average molecular weight is 362 g/mol. The molecule has 0 aliphatic carbocycles. The van der Waals surface area contributed by atoms with Crippen molar-refractivity contribution in [3.63, 3.8) is 0 Å². The molecule has 0 saturated heterocycles. The number of nitrogens with zero attached hydrogens (tertiary/aromatic N) is 5. The number of para-hydroxylation sites is 2. The summed E-state index contributed by atoms with van der Waals surface area (Å²) in [6.07, 6.45) is 0. The number of amides is 2. The molecule has 3 rings (SSSR count). The molecule has 0 unspecified atom stereocenters. The molecule has 10 nitrogen and oxygen atoms in total. The van der Waals surface area contributed by atoms with Crippen LogP contribution in [0.4, 0.5) is 5.69 Å². The molecule has 0 radical (unpaired) electrons. The van der Waals surface area contributed by atoms with Gasteiger partial charge in [0.05, 0.1) is 11.4 Å². The van der Waals surface area contributed by atoms with Crippen molar-refractivity contribution in [2.75, 3.05) is 5.73 Å². The summed E-state index contributed by atoms with van der Waals surface area (Å²) in [6, 6.07) is 6.90. The fourth-order valence-electron chi connectivity index (χ4n) is 1.84. The zero-order valence-corrected chi connectivity index (χ0v) is 13.5. The number of benzene rings is 1. The van der Waals surface area contributed by atoms with Crippen LogP contribution in [0.15, 0.2) is 33.5 Å². The monoisotopic (exact) mass is 362 g/mol. The molecule has 0 aliphatic heterocycles. The minimum Gasteiger partial charge on any atom is -0.397 e. The third-order valence-corrected chi connectivity index (χ3v) is 4.84. The molecule has 0 aliphatic rings. The van der Waals surface area contributed by atoms with Crippen molar-refractivity contribution in [1.82, 2.24) is 24.6 Å². The van der Waals surface area contributed by atoms with Crippen molar-refractivity contribution in [1.29, 1.82) is 0 Å². The summed E-state index contributed by atoms with van der Waals surface area (Å²) in [7, 11) is 0. The minimum atomic E-state index is -0.767. The van der Waals surface area contributed by atoms with Crippen LogP contribution < -0.4 is 17.2 Å². The molecule has 0 spiro atoms.